The highest BCUT2D eigenvalue weighted by atomic mass is 32.1. The van der Waals surface area contributed by atoms with Gasteiger partial charge in [0, 0.05) is 47.3 Å². The molecule has 3 aromatic rings. The van der Waals surface area contributed by atoms with E-state index >= 15 is 0 Å². The molecule has 2 aromatic heterocycles. The summed E-state index contributed by atoms with van der Waals surface area (Å²) in [5.74, 6) is -1.15. The Balaban J connectivity index is 1.32. The molecule has 1 aromatic carbocycles. The van der Waals surface area contributed by atoms with Crippen molar-refractivity contribution in [2.24, 2.45) is 11.8 Å². The molecule has 208 valence electrons. The van der Waals surface area contributed by atoms with E-state index in [0.29, 0.717) is 34.5 Å². The van der Waals surface area contributed by atoms with E-state index in [2.05, 4.69) is 4.98 Å². The van der Waals surface area contributed by atoms with Crippen LogP contribution in [0.5, 0.6) is 0 Å². The first-order chi connectivity index (χ1) is 19.3. The molecule has 2 aliphatic carbocycles. The third kappa shape index (κ3) is 5.24. The van der Waals surface area contributed by atoms with Gasteiger partial charge in [0.25, 0.3) is 0 Å². The lowest BCUT2D eigenvalue weighted by Crippen LogP contribution is -2.39. The number of pyridine rings is 1. The number of carboxylic acids is 1. The first-order valence-corrected chi connectivity index (χ1v) is 14.7. The second kappa shape index (κ2) is 10.7. The highest BCUT2D eigenvalue weighted by Gasteiger charge is 2.40. The lowest BCUT2D eigenvalue weighted by molar-refractivity contribution is -0.141. The van der Waals surface area contributed by atoms with Gasteiger partial charge < -0.3 is 5.11 Å². The molecule has 1 unspecified atom stereocenters. The van der Waals surface area contributed by atoms with Crippen LogP contribution in [0.2, 0.25) is 0 Å². The number of carboxylic acid groups (broad SMARTS) is 1. The van der Waals surface area contributed by atoms with Gasteiger partial charge in [0.15, 0.2) is 5.13 Å². The number of rotatable bonds is 9. The van der Waals surface area contributed by atoms with Crippen LogP contribution in [0.4, 0.5) is 15.3 Å². The highest BCUT2D eigenvalue weighted by molar-refractivity contribution is 7.14. The minimum Gasteiger partial charge on any atom is -0.481 e. The van der Waals surface area contributed by atoms with E-state index in [0.717, 1.165) is 55.2 Å². The van der Waals surface area contributed by atoms with Crippen molar-refractivity contribution in [1.82, 2.24) is 9.97 Å². The van der Waals surface area contributed by atoms with Crippen molar-refractivity contribution in [1.29, 1.82) is 0 Å². The number of thiazole rings is 1. The second-order valence-electron chi connectivity index (χ2n) is 11.2. The number of anilines is 2. The highest BCUT2D eigenvalue weighted by Crippen LogP contribution is 2.41. The molecular formula is C30H31FN4O4S. The quantitative estimate of drug-likeness (QED) is 0.359. The largest absolute Gasteiger partial charge is 0.481 e. The number of amides is 2. The summed E-state index contributed by atoms with van der Waals surface area (Å²) in [6.45, 7) is 0. The summed E-state index contributed by atoms with van der Waals surface area (Å²) in [7, 11) is 1.70. The molecule has 0 radical (unpaired) electrons. The zero-order chi connectivity index (χ0) is 28.0. The molecule has 0 bridgehead atoms. The number of nitrogens with zero attached hydrogens (tertiary/aromatic N) is 4. The Labute approximate surface area is 235 Å². The molecule has 2 saturated carbocycles. The number of likely N-dealkylation sites (N-methyl/N-ethyl adjacent to an activating group) is 1. The maximum absolute atomic E-state index is 14.5. The fourth-order valence-electron chi connectivity index (χ4n) is 6.05. The lowest BCUT2D eigenvalue weighted by Gasteiger charge is -2.26. The van der Waals surface area contributed by atoms with Gasteiger partial charge in [-0.15, -0.1) is 11.3 Å². The zero-order valence-electron chi connectivity index (χ0n) is 22.3. The van der Waals surface area contributed by atoms with Crippen LogP contribution in [-0.4, -0.2) is 45.9 Å². The minimum atomic E-state index is -0.966. The molecule has 3 aliphatic rings. The predicted octanol–water partition coefficient (Wildman–Crippen LogP) is 5.70. The number of carbonyl (C=O) groups is 3. The van der Waals surface area contributed by atoms with Gasteiger partial charge in [0.2, 0.25) is 11.8 Å². The zero-order valence-corrected chi connectivity index (χ0v) is 23.1. The molecule has 1 atom stereocenters. The summed E-state index contributed by atoms with van der Waals surface area (Å²) in [4.78, 5) is 50.2. The van der Waals surface area contributed by atoms with Crippen LogP contribution in [0, 0.1) is 17.7 Å². The molecule has 2 fully saturated rings. The number of aliphatic carboxylic acids is 1. The van der Waals surface area contributed by atoms with Crippen molar-refractivity contribution in [3.05, 3.63) is 47.2 Å². The molecule has 8 nitrogen and oxygen atoms in total. The van der Waals surface area contributed by atoms with Crippen molar-refractivity contribution in [2.45, 2.75) is 63.8 Å². The van der Waals surface area contributed by atoms with Gasteiger partial charge in [-0.25, -0.2) is 14.4 Å². The first kappa shape index (κ1) is 26.6. The van der Waals surface area contributed by atoms with Gasteiger partial charge in [0.1, 0.15) is 11.6 Å². The molecule has 1 aliphatic heterocycles. The van der Waals surface area contributed by atoms with Gasteiger partial charge in [-0.1, -0.05) is 31.7 Å². The number of hydrogen-bond donors (Lipinski definition) is 1. The normalized spacial score (nSPS) is 17.8. The van der Waals surface area contributed by atoms with E-state index in [-0.39, 0.29) is 30.7 Å². The Kier molecular flexibility index (Phi) is 7.12. The number of carbonyl (C=O) groups excluding carboxylic acids is 2. The average molecular weight is 563 g/mol. The Morgan fingerprint density at radius 1 is 1.18 bits per heavy atom. The lowest BCUT2D eigenvalue weighted by atomic mass is 9.90. The van der Waals surface area contributed by atoms with Gasteiger partial charge in [-0.05, 0) is 48.9 Å². The maximum atomic E-state index is 14.5. The summed E-state index contributed by atoms with van der Waals surface area (Å²) >= 11 is 1.32. The third-order valence-electron chi connectivity index (χ3n) is 8.26. The van der Waals surface area contributed by atoms with Crippen LogP contribution in [-0.2, 0) is 20.8 Å². The maximum Gasteiger partial charge on any atom is 0.304 e. The van der Waals surface area contributed by atoms with Crippen molar-refractivity contribution in [3.63, 3.8) is 0 Å². The molecule has 6 rings (SSSR count). The van der Waals surface area contributed by atoms with Crippen LogP contribution in [0.15, 0.2) is 35.8 Å². The van der Waals surface area contributed by atoms with Crippen molar-refractivity contribution in [2.75, 3.05) is 16.8 Å². The molecule has 1 N–H and O–H groups in total. The van der Waals surface area contributed by atoms with E-state index < -0.39 is 17.7 Å². The van der Waals surface area contributed by atoms with E-state index in [1.54, 1.807) is 24.2 Å². The molecule has 10 heteroatoms. The van der Waals surface area contributed by atoms with Crippen LogP contribution < -0.4 is 9.80 Å². The first-order valence-electron chi connectivity index (χ1n) is 13.8. The van der Waals surface area contributed by atoms with Crippen molar-refractivity contribution in [3.8, 4) is 22.4 Å². The SMILES string of the molecule is CN1C(=O)Cc2cc(-c3ccc(F)cc3-c3csc(N(C(=O)C(CC(=O)O)CC4CCCC4)C4CC4)n3)cnc21. The number of aromatic nitrogens is 2. The fraction of sp³-hybridized carbons (Fsp3) is 0.433. The molecule has 0 saturated heterocycles. The minimum absolute atomic E-state index is 0.00814. The molecule has 0 spiro atoms. The standard InChI is InChI=1S/C30H31FN4O4S/c1-34-26(36)12-18-11-20(15-32-28(18)34)23-9-6-21(31)14-24(23)25-16-40-30(33-25)35(22-7-8-22)29(39)19(13-27(37)38)10-17-4-2-3-5-17/h6,9,11,14-17,19,22H,2-5,7-8,10,12-13H2,1H3,(H,37,38). The topological polar surface area (TPSA) is 104 Å². The number of hydrogen-bond acceptors (Lipinski definition) is 6. The van der Waals surface area contributed by atoms with Gasteiger partial charge in [-0.3, -0.25) is 24.2 Å². The summed E-state index contributed by atoms with van der Waals surface area (Å²) in [6.07, 6.45) is 8.38. The smallest absolute Gasteiger partial charge is 0.304 e. The Hall–Kier alpha value is -3.66. The van der Waals surface area contributed by atoms with Crippen molar-refractivity contribution >= 4 is 40.1 Å². The van der Waals surface area contributed by atoms with Crippen molar-refractivity contribution < 1.29 is 23.9 Å². The van der Waals surface area contributed by atoms with Crippen LogP contribution >= 0.6 is 11.3 Å². The molecule has 2 amide bonds. The van der Waals surface area contributed by atoms with E-state index in [9.17, 15) is 23.9 Å². The number of benzene rings is 1. The number of fused-ring (bicyclic) bond motifs is 1. The Morgan fingerprint density at radius 3 is 2.67 bits per heavy atom. The summed E-state index contributed by atoms with van der Waals surface area (Å²) in [6, 6.07) is 6.41. The second-order valence-corrected chi connectivity index (χ2v) is 12.0. The molecular weight excluding hydrogens is 531 g/mol. The third-order valence-corrected chi connectivity index (χ3v) is 9.10. The van der Waals surface area contributed by atoms with Crippen LogP contribution in [0.1, 0.15) is 56.9 Å². The average Bonchev–Trinajstić information content (AvgIpc) is 3.29. The number of halogens is 1. The molecule has 40 heavy (non-hydrogen) atoms. The van der Waals surface area contributed by atoms with Gasteiger partial charge >= 0.3 is 5.97 Å². The van der Waals surface area contributed by atoms with Crippen LogP contribution in [0.3, 0.4) is 0 Å². The summed E-state index contributed by atoms with van der Waals surface area (Å²) in [5, 5.41) is 11.9. The molecule has 3 heterocycles. The van der Waals surface area contributed by atoms with Crippen LogP contribution in [0.25, 0.3) is 22.4 Å². The monoisotopic (exact) mass is 562 g/mol. The Morgan fingerprint density at radius 2 is 1.95 bits per heavy atom. The summed E-state index contributed by atoms with van der Waals surface area (Å²) in [5.41, 5.74) is 3.39. The van der Waals surface area contributed by atoms with E-state index in [4.69, 9.17) is 4.98 Å². The summed E-state index contributed by atoms with van der Waals surface area (Å²) < 4.78 is 14.5. The van der Waals surface area contributed by atoms with Gasteiger partial charge in [-0.2, -0.15) is 0 Å². The van der Waals surface area contributed by atoms with Gasteiger partial charge in [0.05, 0.1) is 18.5 Å². The predicted molar refractivity (Wildman–Crippen MR) is 151 cm³/mol. The fourth-order valence-corrected chi connectivity index (χ4v) is 6.95. The van der Waals surface area contributed by atoms with E-state index in [1.807, 2.05) is 11.4 Å². The van der Waals surface area contributed by atoms with E-state index in [1.165, 1.54) is 28.4 Å². The Bertz CT molecular complexity index is 1480.